The fraction of sp³-hybridized carbons (Fsp3) is 0.667. The number of hydrogen-bond donors (Lipinski definition) is 0. The third kappa shape index (κ3) is 49.2. The molecule has 0 saturated heterocycles. The molecule has 0 rings (SSSR count). The highest BCUT2D eigenvalue weighted by Crippen LogP contribution is 2.13. The molecule has 0 amide bonds. The summed E-state index contributed by atoms with van der Waals surface area (Å²) in [7, 11) is 0. The number of carbonyl (C=O) groups excluding carboxylic acids is 3. The first-order chi connectivity index (χ1) is 31.0. The van der Waals surface area contributed by atoms with Crippen LogP contribution < -0.4 is 0 Å². The van der Waals surface area contributed by atoms with E-state index in [1.54, 1.807) is 0 Å². The Morgan fingerprint density at radius 2 is 0.683 bits per heavy atom. The van der Waals surface area contributed by atoms with Gasteiger partial charge in [-0.25, -0.2) is 0 Å². The molecule has 0 aromatic carbocycles. The number of ether oxygens (including phenoxy) is 3. The smallest absolute Gasteiger partial charge is 0.306 e. The van der Waals surface area contributed by atoms with Crippen molar-refractivity contribution in [3.8, 4) is 0 Å². The summed E-state index contributed by atoms with van der Waals surface area (Å²) >= 11 is 0. The number of allylic oxidation sites excluding steroid dienone is 16. The average molecular weight is 875 g/mol. The molecule has 0 radical (unpaired) electrons. The minimum absolute atomic E-state index is 0.104. The summed E-state index contributed by atoms with van der Waals surface area (Å²) < 4.78 is 16.7. The lowest BCUT2D eigenvalue weighted by molar-refractivity contribution is -0.167. The first-order valence-electron chi connectivity index (χ1n) is 25.8. The lowest BCUT2D eigenvalue weighted by Crippen LogP contribution is -2.30. The van der Waals surface area contributed by atoms with Crippen molar-refractivity contribution in [2.75, 3.05) is 13.2 Å². The van der Waals surface area contributed by atoms with Gasteiger partial charge >= 0.3 is 17.9 Å². The zero-order chi connectivity index (χ0) is 45.8. The van der Waals surface area contributed by atoms with Crippen LogP contribution in [0.1, 0.15) is 226 Å². The summed E-state index contributed by atoms with van der Waals surface area (Å²) in [6.45, 7) is 6.41. The van der Waals surface area contributed by atoms with Gasteiger partial charge in [-0.3, -0.25) is 14.4 Å². The van der Waals surface area contributed by atoms with Crippen LogP contribution in [0.5, 0.6) is 0 Å². The molecule has 0 aromatic rings. The molecule has 0 N–H and O–H groups in total. The molecule has 0 aliphatic heterocycles. The SMILES string of the molecule is CC/C=C\C/C=C\C/C=C\CCCCCCC(=O)OC(COC(=O)CCCCC/C=C\CCCCCCCC)COC(=O)CCCCCCC\C=C/C=C\C=C/C=C\CCCCC. The third-order valence-corrected chi connectivity index (χ3v) is 10.6. The Balaban J connectivity index is 4.49. The van der Waals surface area contributed by atoms with E-state index in [1.807, 2.05) is 0 Å². The van der Waals surface area contributed by atoms with Crippen molar-refractivity contribution in [1.29, 1.82) is 0 Å². The minimum Gasteiger partial charge on any atom is -0.462 e. The van der Waals surface area contributed by atoms with Crippen LogP contribution in [-0.2, 0) is 28.6 Å². The zero-order valence-electron chi connectivity index (χ0n) is 40.8. The van der Waals surface area contributed by atoms with Gasteiger partial charge in [0.15, 0.2) is 6.10 Å². The molecule has 0 aromatic heterocycles. The van der Waals surface area contributed by atoms with Gasteiger partial charge in [-0.2, -0.15) is 0 Å². The topological polar surface area (TPSA) is 78.9 Å². The van der Waals surface area contributed by atoms with Gasteiger partial charge in [-0.1, -0.05) is 201 Å². The average Bonchev–Trinajstić information content (AvgIpc) is 3.28. The van der Waals surface area contributed by atoms with E-state index in [0.717, 1.165) is 128 Å². The van der Waals surface area contributed by atoms with Crippen LogP contribution >= 0.6 is 0 Å². The number of rotatable bonds is 45. The molecule has 0 saturated carbocycles. The molecule has 358 valence electrons. The summed E-state index contributed by atoms with van der Waals surface area (Å²) in [6.07, 6.45) is 66.7. The normalized spacial score (nSPS) is 12.9. The quantitative estimate of drug-likeness (QED) is 0.0199. The molecular formula is C57H94O6. The Morgan fingerprint density at radius 3 is 1.17 bits per heavy atom. The molecule has 0 aliphatic rings. The van der Waals surface area contributed by atoms with Crippen LogP contribution in [0.2, 0.25) is 0 Å². The van der Waals surface area contributed by atoms with Gasteiger partial charge in [-0.05, 0) is 103 Å². The Labute approximate surface area is 387 Å². The number of esters is 3. The monoisotopic (exact) mass is 875 g/mol. The number of hydrogen-bond acceptors (Lipinski definition) is 6. The van der Waals surface area contributed by atoms with Crippen molar-refractivity contribution in [1.82, 2.24) is 0 Å². The van der Waals surface area contributed by atoms with Crippen LogP contribution in [0, 0.1) is 0 Å². The Morgan fingerprint density at radius 1 is 0.349 bits per heavy atom. The molecule has 0 fully saturated rings. The van der Waals surface area contributed by atoms with Gasteiger partial charge in [0.25, 0.3) is 0 Å². The van der Waals surface area contributed by atoms with Crippen LogP contribution in [-0.4, -0.2) is 37.2 Å². The van der Waals surface area contributed by atoms with Crippen LogP contribution in [0.3, 0.4) is 0 Å². The van der Waals surface area contributed by atoms with E-state index >= 15 is 0 Å². The first kappa shape index (κ1) is 59.3. The first-order valence-corrected chi connectivity index (χ1v) is 25.8. The second-order valence-corrected chi connectivity index (χ2v) is 16.8. The van der Waals surface area contributed by atoms with Gasteiger partial charge in [0.05, 0.1) is 0 Å². The van der Waals surface area contributed by atoms with E-state index in [2.05, 4.69) is 118 Å². The summed E-state index contributed by atoms with van der Waals surface area (Å²) in [6, 6.07) is 0. The fourth-order valence-corrected chi connectivity index (χ4v) is 6.76. The van der Waals surface area contributed by atoms with Gasteiger partial charge < -0.3 is 14.2 Å². The third-order valence-electron chi connectivity index (χ3n) is 10.6. The van der Waals surface area contributed by atoms with Gasteiger partial charge in [0, 0.05) is 19.3 Å². The summed E-state index contributed by atoms with van der Waals surface area (Å²) in [5.74, 6) is -0.968. The Hall–Kier alpha value is -3.67. The lowest BCUT2D eigenvalue weighted by Gasteiger charge is -2.18. The summed E-state index contributed by atoms with van der Waals surface area (Å²) in [5, 5.41) is 0. The van der Waals surface area contributed by atoms with E-state index in [4.69, 9.17) is 14.2 Å². The second-order valence-electron chi connectivity index (χ2n) is 16.8. The highest BCUT2D eigenvalue weighted by atomic mass is 16.6. The van der Waals surface area contributed by atoms with E-state index in [1.165, 1.54) is 57.8 Å². The molecule has 0 bridgehead atoms. The maximum Gasteiger partial charge on any atom is 0.306 e. The summed E-state index contributed by atoms with van der Waals surface area (Å²) in [4.78, 5) is 38.0. The van der Waals surface area contributed by atoms with Crippen LogP contribution in [0.25, 0.3) is 0 Å². The largest absolute Gasteiger partial charge is 0.462 e. The minimum atomic E-state index is -0.805. The lowest BCUT2D eigenvalue weighted by atomic mass is 10.1. The Bertz CT molecular complexity index is 1280. The van der Waals surface area contributed by atoms with E-state index in [-0.39, 0.29) is 31.1 Å². The maximum atomic E-state index is 12.8. The standard InChI is InChI=1S/C57H94O6/c1-4-7-10-13-16-19-22-25-27-28-29-30-33-35-38-41-44-47-50-56(59)62-53-54(52-61-55(58)49-46-43-40-37-34-31-24-21-18-15-12-9-6-3)63-57(60)51-48-45-42-39-36-32-26-23-20-17-14-11-8-5-2/h8,11,16-17,19-20,22,25-32,34,54H,4-7,9-10,12-15,18,21,23-24,33,35-53H2,1-3H3/b11-8-,19-16-,20-17-,25-22-,28-27-,30-29-,32-26-,34-31-. The highest BCUT2D eigenvalue weighted by Gasteiger charge is 2.19. The molecule has 0 spiro atoms. The van der Waals surface area contributed by atoms with Crippen molar-refractivity contribution in [2.45, 2.75) is 232 Å². The van der Waals surface area contributed by atoms with Crippen LogP contribution in [0.15, 0.2) is 97.2 Å². The molecule has 0 aliphatic carbocycles. The second kappa shape index (κ2) is 51.0. The van der Waals surface area contributed by atoms with Gasteiger partial charge in [0.1, 0.15) is 13.2 Å². The molecule has 1 unspecified atom stereocenters. The van der Waals surface area contributed by atoms with Gasteiger partial charge in [-0.15, -0.1) is 0 Å². The summed E-state index contributed by atoms with van der Waals surface area (Å²) in [5.41, 5.74) is 0. The molecule has 1 atom stereocenters. The highest BCUT2D eigenvalue weighted by molar-refractivity contribution is 5.71. The zero-order valence-corrected chi connectivity index (χ0v) is 40.8. The number of unbranched alkanes of at least 4 members (excludes halogenated alkanes) is 21. The predicted molar refractivity (Wildman–Crippen MR) is 270 cm³/mol. The van der Waals surface area contributed by atoms with Crippen molar-refractivity contribution in [3.63, 3.8) is 0 Å². The maximum absolute atomic E-state index is 12.8. The van der Waals surface area contributed by atoms with Gasteiger partial charge in [0.2, 0.25) is 0 Å². The molecule has 6 nitrogen and oxygen atoms in total. The van der Waals surface area contributed by atoms with Crippen molar-refractivity contribution in [2.24, 2.45) is 0 Å². The van der Waals surface area contributed by atoms with E-state index < -0.39 is 6.10 Å². The van der Waals surface area contributed by atoms with Crippen LogP contribution in [0.4, 0.5) is 0 Å². The predicted octanol–water partition coefficient (Wildman–Crippen LogP) is 17.0. The Kier molecular flexibility index (Phi) is 48.0. The van der Waals surface area contributed by atoms with Crippen molar-refractivity contribution in [3.05, 3.63) is 97.2 Å². The molecule has 0 heterocycles. The van der Waals surface area contributed by atoms with E-state index in [0.29, 0.717) is 19.3 Å². The molecule has 63 heavy (non-hydrogen) atoms. The molecule has 6 heteroatoms. The van der Waals surface area contributed by atoms with E-state index in [9.17, 15) is 14.4 Å². The molecular weight excluding hydrogens is 781 g/mol. The number of carbonyl (C=O) groups is 3. The van der Waals surface area contributed by atoms with Crippen molar-refractivity contribution < 1.29 is 28.6 Å². The van der Waals surface area contributed by atoms with Crippen molar-refractivity contribution >= 4 is 17.9 Å². The fourth-order valence-electron chi connectivity index (χ4n) is 6.76.